The number of benzene rings is 2. The van der Waals surface area contributed by atoms with Gasteiger partial charge in [0.1, 0.15) is 5.75 Å². The molecule has 5 heteroatoms. The molecule has 4 nitrogen and oxygen atoms in total. The second-order valence-corrected chi connectivity index (χ2v) is 4.60. The fourth-order valence-electron chi connectivity index (χ4n) is 1.89. The lowest BCUT2D eigenvalue weighted by molar-refractivity contribution is 0.0698. The Morgan fingerprint density at radius 3 is 2.75 bits per heavy atom. The summed E-state index contributed by atoms with van der Waals surface area (Å²) in [5.74, 6) is -0.247. The van der Waals surface area contributed by atoms with Gasteiger partial charge in [-0.05, 0) is 24.3 Å². The quantitative estimate of drug-likeness (QED) is 0.882. The molecule has 2 aromatic carbocycles. The maximum atomic E-state index is 11.2. The first-order valence-electron chi connectivity index (χ1n) is 6.00. The summed E-state index contributed by atoms with van der Waals surface area (Å²) in [6, 6.07) is 12.2. The van der Waals surface area contributed by atoms with Crippen LogP contribution in [0.15, 0.2) is 42.5 Å². The Kier molecular flexibility index (Phi) is 4.48. The first-order chi connectivity index (χ1) is 9.61. The molecule has 0 atom stereocenters. The molecule has 2 N–H and O–H groups in total. The van der Waals surface area contributed by atoms with E-state index < -0.39 is 5.97 Å². The number of carbonyl (C=O) groups is 1. The summed E-state index contributed by atoms with van der Waals surface area (Å²) in [6.07, 6.45) is 0. The molecule has 0 aromatic heterocycles. The van der Waals surface area contributed by atoms with E-state index in [0.717, 1.165) is 11.3 Å². The van der Waals surface area contributed by atoms with Crippen LogP contribution in [-0.2, 0) is 6.54 Å². The van der Waals surface area contributed by atoms with Crippen molar-refractivity contribution in [3.8, 4) is 5.75 Å². The van der Waals surface area contributed by atoms with Crippen LogP contribution in [0.3, 0.4) is 0 Å². The van der Waals surface area contributed by atoms with Crippen molar-refractivity contribution in [2.24, 2.45) is 0 Å². The van der Waals surface area contributed by atoms with E-state index in [9.17, 15) is 4.79 Å². The minimum atomic E-state index is -0.996. The Balaban J connectivity index is 2.22. The highest BCUT2D eigenvalue weighted by atomic mass is 35.5. The van der Waals surface area contributed by atoms with Crippen LogP contribution in [0.2, 0.25) is 5.02 Å². The van der Waals surface area contributed by atoms with Crippen LogP contribution in [-0.4, -0.2) is 18.2 Å². The van der Waals surface area contributed by atoms with Gasteiger partial charge in [-0.3, -0.25) is 0 Å². The van der Waals surface area contributed by atoms with E-state index in [1.807, 2.05) is 24.3 Å². The molecule has 2 rings (SSSR count). The number of hydrogen-bond donors (Lipinski definition) is 2. The van der Waals surface area contributed by atoms with Crippen LogP contribution in [0.5, 0.6) is 5.75 Å². The fraction of sp³-hybridized carbons (Fsp3) is 0.133. The summed E-state index contributed by atoms with van der Waals surface area (Å²) in [6.45, 7) is 0.449. The highest BCUT2D eigenvalue weighted by molar-refractivity contribution is 6.31. The minimum Gasteiger partial charge on any atom is -0.496 e. The fourth-order valence-corrected chi connectivity index (χ4v) is 2.06. The minimum absolute atomic E-state index is 0.185. The van der Waals surface area contributed by atoms with E-state index in [-0.39, 0.29) is 5.56 Å². The summed E-state index contributed by atoms with van der Waals surface area (Å²) >= 11 is 5.90. The maximum absolute atomic E-state index is 11.2. The van der Waals surface area contributed by atoms with E-state index in [2.05, 4.69) is 5.32 Å². The van der Waals surface area contributed by atoms with Crippen molar-refractivity contribution in [2.75, 3.05) is 12.4 Å². The summed E-state index contributed by atoms with van der Waals surface area (Å²) < 4.78 is 5.25. The molecule has 20 heavy (non-hydrogen) atoms. The number of anilines is 1. The summed E-state index contributed by atoms with van der Waals surface area (Å²) in [7, 11) is 1.60. The van der Waals surface area contributed by atoms with Crippen LogP contribution < -0.4 is 10.1 Å². The van der Waals surface area contributed by atoms with E-state index >= 15 is 0 Å². The molecule has 0 fully saturated rings. The molecular weight excluding hydrogens is 278 g/mol. The Morgan fingerprint density at radius 1 is 1.30 bits per heavy atom. The number of aromatic carboxylic acids is 1. The van der Waals surface area contributed by atoms with Crippen molar-refractivity contribution in [1.82, 2.24) is 0 Å². The molecule has 104 valence electrons. The van der Waals surface area contributed by atoms with Gasteiger partial charge in [0.25, 0.3) is 0 Å². The van der Waals surface area contributed by atoms with E-state index in [0.29, 0.717) is 17.3 Å². The molecule has 0 aliphatic rings. The van der Waals surface area contributed by atoms with Gasteiger partial charge in [-0.25, -0.2) is 4.79 Å². The van der Waals surface area contributed by atoms with Gasteiger partial charge in [0.15, 0.2) is 0 Å². The Bertz CT molecular complexity index is 628. The van der Waals surface area contributed by atoms with Gasteiger partial charge >= 0.3 is 5.97 Å². The zero-order chi connectivity index (χ0) is 14.5. The van der Waals surface area contributed by atoms with Gasteiger partial charge in [-0.1, -0.05) is 29.8 Å². The molecule has 0 saturated carbocycles. The zero-order valence-corrected chi connectivity index (χ0v) is 11.6. The second kappa shape index (κ2) is 6.30. The number of methoxy groups -OCH3 is 1. The first-order valence-corrected chi connectivity index (χ1v) is 6.38. The van der Waals surface area contributed by atoms with E-state index in [4.69, 9.17) is 21.4 Å². The standard InChI is InChI=1S/C15H14ClNO3/c1-20-14-5-3-2-4-10(14)9-17-13-8-11(16)6-7-12(13)15(18)19/h2-8,17H,9H2,1H3,(H,18,19). The Morgan fingerprint density at radius 2 is 2.05 bits per heavy atom. The van der Waals surface area contributed by atoms with Gasteiger partial charge in [0, 0.05) is 17.1 Å². The SMILES string of the molecule is COc1ccccc1CNc1cc(Cl)ccc1C(=O)O. The number of carboxylic acids is 1. The normalized spacial score (nSPS) is 10.1. The molecule has 0 radical (unpaired) electrons. The number of hydrogen-bond acceptors (Lipinski definition) is 3. The zero-order valence-electron chi connectivity index (χ0n) is 10.9. The molecule has 0 spiro atoms. The highest BCUT2D eigenvalue weighted by Crippen LogP contribution is 2.24. The molecular formula is C15H14ClNO3. The largest absolute Gasteiger partial charge is 0.496 e. The average Bonchev–Trinajstić information content (AvgIpc) is 2.45. The topological polar surface area (TPSA) is 58.6 Å². The van der Waals surface area contributed by atoms with Gasteiger partial charge in [0.05, 0.1) is 18.4 Å². The highest BCUT2D eigenvalue weighted by Gasteiger charge is 2.11. The third kappa shape index (κ3) is 3.22. The smallest absolute Gasteiger partial charge is 0.337 e. The molecule has 0 aliphatic heterocycles. The van der Waals surface area contributed by atoms with Gasteiger partial charge in [0.2, 0.25) is 0 Å². The van der Waals surface area contributed by atoms with Crippen LogP contribution in [0.4, 0.5) is 5.69 Å². The average molecular weight is 292 g/mol. The maximum Gasteiger partial charge on any atom is 0.337 e. The molecule has 0 saturated heterocycles. The number of carboxylic acid groups (broad SMARTS) is 1. The lowest BCUT2D eigenvalue weighted by atomic mass is 10.1. The van der Waals surface area contributed by atoms with Crippen molar-refractivity contribution < 1.29 is 14.6 Å². The number of rotatable bonds is 5. The predicted molar refractivity (Wildman–Crippen MR) is 78.7 cm³/mol. The summed E-state index contributed by atoms with van der Waals surface area (Å²) in [4.78, 5) is 11.2. The van der Waals surface area contributed by atoms with Gasteiger partial charge in [-0.2, -0.15) is 0 Å². The molecule has 0 aliphatic carbocycles. The van der Waals surface area contributed by atoms with Crippen LogP contribution in [0.25, 0.3) is 0 Å². The third-order valence-electron chi connectivity index (χ3n) is 2.87. The lowest BCUT2D eigenvalue weighted by Crippen LogP contribution is -2.07. The molecule has 0 heterocycles. The van der Waals surface area contributed by atoms with Crippen molar-refractivity contribution >= 4 is 23.3 Å². The molecule has 0 unspecified atom stereocenters. The monoisotopic (exact) mass is 291 g/mol. The number of nitrogens with one attached hydrogen (secondary N) is 1. The number of ether oxygens (including phenoxy) is 1. The lowest BCUT2D eigenvalue weighted by Gasteiger charge is -2.12. The van der Waals surface area contributed by atoms with Gasteiger partial charge < -0.3 is 15.2 Å². The van der Waals surface area contributed by atoms with Crippen molar-refractivity contribution in [3.63, 3.8) is 0 Å². The second-order valence-electron chi connectivity index (χ2n) is 4.16. The summed E-state index contributed by atoms with van der Waals surface area (Å²) in [5, 5.41) is 12.7. The van der Waals surface area contributed by atoms with Crippen LogP contribution >= 0.6 is 11.6 Å². The number of para-hydroxylation sites is 1. The molecule has 2 aromatic rings. The van der Waals surface area contributed by atoms with Crippen LogP contribution in [0.1, 0.15) is 15.9 Å². The van der Waals surface area contributed by atoms with Crippen molar-refractivity contribution in [2.45, 2.75) is 6.54 Å². The Hall–Kier alpha value is -2.20. The van der Waals surface area contributed by atoms with E-state index in [1.165, 1.54) is 6.07 Å². The molecule has 0 amide bonds. The van der Waals surface area contributed by atoms with Crippen molar-refractivity contribution in [1.29, 1.82) is 0 Å². The number of halogens is 1. The third-order valence-corrected chi connectivity index (χ3v) is 3.11. The van der Waals surface area contributed by atoms with E-state index in [1.54, 1.807) is 19.2 Å². The molecule has 0 bridgehead atoms. The predicted octanol–water partition coefficient (Wildman–Crippen LogP) is 3.66. The summed E-state index contributed by atoms with van der Waals surface area (Å²) in [5.41, 5.74) is 1.60. The first kappa shape index (κ1) is 14.2. The van der Waals surface area contributed by atoms with Crippen LogP contribution in [0, 0.1) is 0 Å². The van der Waals surface area contributed by atoms with Gasteiger partial charge in [-0.15, -0.1) is 0 Å². The Labute approximate surface area is 122 Å². The van der Waals surface area contributed by atoms with Crippen molar-refractivity contribution in [3.05, 3.63) is 58.6 Å².